The van der Waals surface area contributed by atoms with Crippen molar-refractivity contribution >= 4 is 5.91 Å². The molecule has 0 saturated carbocycles. The lowest BCUT2D eigenvalue weighted by molar-refractivity contribution is -0.188. The minimum absolute atomic E-state index is 0.180. The minimum atomic E-state index is -4.43. The SMILES string of the molecule is CCCN(CC(=O)NC)C(C(C)N)C(F)(F)F. The molecule has 0 bridgehead atoms. The molecule has 0 aliphatic carbocycles. The predicted molar refractivity (Wildman–Crippen MR) is 59.4 cm³/mol. The number of likely N-dealkylation sites (N-methyl/N-ethyl adjacent to an activating group) is 1. The fraction of sp³-hybridized carbons (Fsp3) is 0.900. The van der Waals surface area contributed by atoms with E-state index in [1.165, 1.54) is 14.0 Å². The summed E-state index contributed by atoms with van der Waals surface area (Å²) < 4.78 is 38.5. The van der Waals surface area contributed by atoms with Gasteiger partial charge in [-0.25, -0.2) is 0 Å². The summed E-state index contributed by atoms with van der Waals surface area (Å²) in [6, 6.07) is -2.87. The molecule has 0 radical (unpaired) electrons. The van der Waals surface area contributed by atoms with Crippen molar-refractivity contribution in [2.45, 2.75) is 38.5 Å². The number of rotatable bonds is 6. The van der Waals surface area contributed by atoms with Gasteiger partial charge in [0.2, 0.25) is 5.91 Å². The van der Waals surface area contributed by atoms with Gasteiger partial charge < -0.3 is 11.1 Å². The van der Waals surface area contributed by atoms with Crippen molar-refractivity contribution < 1.29 is 18.0 Å². The van der Waals surface area contributed by atoms with Crippen LogP contribution in [-0.4, -0.2) is 49.2 Å². The Balaban J connectivity index is 4.90. The van der Waals surface area contributed by atoms with Crippen molar-refractivity contribution in [2.24, 2.45) is 5.73 Å². The molecule has 0 aromatic heterocycles. The third-order valence-corrected chi connectivity index (χ3v) is 2.36. The summed E-state index contributed by atoms with van der Waals surface area (Å²) in [6.45, 7) is 2.94. The molecule has 102 valence electrons. The zero-order valence-corrected chi connectivity index (χ0v) is 10.3. The predicted octanol–water partition coefficient (Wildman–Crippen LogP) is 0.722. The van der Waals surface area contributed by atoms with Crippen molar-refractivity contribution in [2.75, 3.05) is 20.1 Å². The normalized spacial score (nSPS) is 15.8. The number of nitrogens with one attached hydrogen (secondary N) is 1. The first kappa shape index (κ1) is 16.2. The first-order valence-electron chi connectivity index (χ1n) is 5.51. The van der Waals surface area contributed by atoms with Crippen LogP contribution >= 0.6 is 0 Å². The Bertz CT molecular complexity index is 243. The molecule has 3 N–H and O–H groups in total. The lowest BCUT2D eigenvalue weighted by Gasteiger charge is -2.34. The van der Waals surface area contributed by atoms with E-state index in [0.717, 1.165) is 4.90 Å². The van der Waals surface area contributed by atoms with Gasteiger partial charge in [-0.15, -0.1) is 0 Å². The molecule has 0 heterocycles. The summed E-state index contributed by atoms with van der Waals surface area (Å²) >= 11 is 0. The molecule has 0 aromatic carbocycles. The van der Waals surface area contributed by atoms with Crippen LogP contribution in [0, 0.1) is 0 Å². The highest BCUT2D eigenvalue weighted by Gasteiger charge is 2.45. The maximum Gasteiger partial charge on any atom is 0.405 e. The van der Waals surface area contributed by atoms with Crippen molar-refractivity contribution in [1.82, 2.24) is 10.2 Å². The number of carbonyl (C=O) groups excluding carboxylic acids is 1. The molecule has 0 rings (SSSR count). The average Bonchev–Trinajstić information content (AvgIpc) is 2.14. The lowest BCUT2D eigenvalue weighted by Crippen LogP contribution is -2.57. The zero-order valence-electron chi connectivity index (χ0n) is 10.3. The zero-order chi connectivity index (χ0) is 13.6. The van der Waals surface area contributed by atoms with Gasteiger partial charge in [-0.05, 0) is 19.9 Å². The third kappa shape index (κ3) is 5.36. The van der Waals surface area contributed by atoms with E-state index >= 15 is 0 Å². The van der Waals surface area contributed by atoms with Crippen LogP contribution in [0.1, 0.15) is 20.3 Å². The molecule has 0 spiro atoms. The van der Waals surface area contributed by atoms with Gasteiger partial charge in [0.05, 0.1) is 6.54 Å². The Labute approximate surface area is 99.3 Å². The maximum atomic E-state index is 12.8. The standard InChI is InChI=1S/C10H20F3N3O/c1-4-5-16(6-8(17)15-3)9(7(2)14)10(11,12)13/h7,9H,4-6,14H2,1-3H3,(H,15,17). The highest BCUT2D eigenvalue weighted by Crippen LogP contribution is 2.26. The van der Waals surface area contributed by atoms with Crippen LogP contribution in [0.15, 0.2) is 0 Å². The van der Waals surface area contributed by atoms with E-state index in [2.05, 4.69) is 5.32 Å². The molecule has 0 fully saturated rings. The van der Waals surface area contributed by atoms with Crippen molar-refractivity contribution in [3.8, 4) is 0 Å². The number of carbonyl (C=O) groups is 1. The van der Waals surface area contributed by atoms with Crippen LogP contribution in [0.3, 0.4) is 0 Å². The second-order valence-corrected chi connectivity index (χ2v) is 3.99. The van der Waals surface area contributed by atoms with E-state index in [1.54, 1.807) is 6.92 Å². The van der Waals surface area contributed by atoms with E-state index in [-0.39, 0.29) is 13.1 Å². The Morgan fingerprint density at radius 2 is 2.00 bits per heavy atom. The molecule has 4 nitrogen and oxygen atoms in total. The number of amides is 1. The van der Waals surface area contributed by atoms with Gasteiger partial charge in [-0.3, -0.25) is 9.69 Å². The molecule has 17 heavy (non-hydrogen) atoms. The first-order valence-corrected chi connectivity index (χ1v) is 5.51. The van der Waals surface area contributed by atoms with E-state index in [4.69, 9.17) is 5.73 Å². The van der Waals surface area contributed by atoms with Gasteiger partial charge in [-0.1, -0.05) is 6.92 Å². The second-order valence-electron chi connectivity index (χ2n) is 3.99. The highest BCUT2D eigenvalue weighted by atomic mass is 19.4. The lowest BCUT2D eigenvalue weighted by atomic mass is 10.1. The third-order valence-electron chi connectivity index (χ3n) is 2.36. The molecule has 0 aliphatic rings. The molecule has 7 heteroatoms. The molecule has 2 atom stereocenters. The van der Waals surface area contributed by atoms with E-state index in [9.17, 15) is 18.0 Å². The fourth-order valence-electron chi connectivity index (χ4n) is 1.70. The largest absolute Gasteiger partial charge is 0.405 e. The van der Waals surface area contributed by atoms with Gasteiger partial charge in [0.15, 0.2) is 0 Å². The summed E-state index contributed by atoms with van der Waals surface area (Å²) in [5.41, 5.74) is 5.38. The maximum absolute atomic E-state index is 12.8. The Kier molecular flexibility index (Phi) is 6.48. The molecule has 0 aliphatic heterocycles. The Hall–Kier alpha value is -0.820. The van der Waals surface area contributed by atoms with E-state index < -0.39 is 24.2 Å². The fourth-order valence-corrected chi connectivity index (χ4v) is 1.70. The van der Waals surface area contributed by atoms with Gasteiger partial charge in [0, 0.05) is 13.1 Å². The molecular weight excluding hydrogens is 235 g/mol. The van der Waals surface area contributed by atoms with Crippen molar-refractivity contribution in [3.05, 3.63) is 0 Å². The van der Waals surface area contributed by atoms with Crippen molar-refractivity contribution in [1.29, 1.82) is 0 Å². The Morgan fingerprint density at radius 3 is 2.29 bits per heavy atom. The summed E-state index contributed by atoms with van der Waals surface area (Å²) in [4.78, 5) is 12.3. The van der Waals surface area contributed by atoms with Gasteiger partial charge in [0.1, 0.15) is 6.04 Å². The number of nitrogens with zero attached hydrogens (tertiary/aromatic N) is 1. The van der Waals surface area contributed by atoms with Gasteiger partial charge in [-0.2, -0.15) is 13.2 Å². The quantitative estimate of drug-likeness (QED) is 0.735. The number of nitrogens with two attached hydrogens (primary N) is 1. The molecule has 2 unspecified atom stereocenters. The molecule has 1 amide bonds. The monoisotopic (exact) mass is 255 g/mol. The summed E-state index contributed by atoms with van der Waals surface area (Å²) in [5.74, 6) is -0.451. The highest BCUT2D eigenvalue weighted by molar-refractivity contribution is 5.77. The average molecular weight is 255 g/mol. The number of hydrogen-bond acceptors (Lipinski definition) is 3. The number of alkyl halides is 3. The topological polar surface area (TPSA) is 58.4 Å². The number of halogens is 3. The van der Waals surface area contributed by atoms with E-state index in [1.807, 2.05) is 0 Å². The Morgan fingerprint density at radius 1 is 1.47 bits per heavy atom. The van der Waals surface area contributed by atoms with Crippen molar-refractivity contribution in [3.63, 3.8) is 0 Å². The van der Waals surface area contributed by atoms with Crippen LogP contribution in [-0.2, 0) is 4.79 Å². The van der Waals surface area contributed by atoms with Crippen LogP contribution < -0.4 is 11.1 Å². The van der Waals surface area contributed by atoms with Crippen LogP contribution in [0.4, 0.5) is 13.2 Å². The molecule has 0 saturated heterocycles. The van der Waals surface area contributed by atoms with E-state index in [0.29, 0.717) is 6.42 Å². The van der Waals surface area contributed by atoms with Gasteiger partial charge >= 0.3 is 6.18 Å². The summed E-state index contributed by atoms with van der Waals surface area (Å²) in [7, 11) is 1.39. The van der Waals surface area contributed by atoms with Crippen LogP contribution in [0.2, 0.25) is 0 Å². The first-order chi connectivity index (χ1) is 7.73. The second kappa shape index (κ2) is 6.80. The molecular formula is C10H20F3N3O. The van der Waals surface area contributed by atoms with Crippen LogP contribution in [0.25, 0.3) is 0 Å². The summed E-state index contributed by atoms with van der Waals surface area (Å²) in [5, 5.41) is 2.31. The number of hydrogen-bond donors (Lipinski definition) is 2. The smallest absolute Gasteiger partial charge is 0.358 e. The summed E-state index contributed by atoms with van der Waals surface area (Å²) in [6.07, 6.45) is -3.91. The van der Waals surface area contributed by atoms with Gasteiger partial charge in [0.25, 0.3) is 0 Å². The minimum Gasteiger partial charge on any atom is -0.358 e. The molecule has 0 aromatic rings. The van der Waals surface area contributed by atoms with Crippen LogP contribution in [0.5, 0.6) is 0 Å².